The highest BCUT2D eigenvalue weighted by molar-refractivity contribution is 5.77. The van der Waals surface area contributed by atoms with Crippen molar-refractivity contribution in [3.05, 3.63) is 47.8 Å². The van der Waals surface area contributed by atoms with Gasteiger partial charge in [0.25, 0.3) is 0 Å². The number of aliphatic imine (C=N–C) groups is 1. The van der Waals surface area contributed by atoms with Crippen LogP contribution in [0.4, 0.5) is 4.39 Å². The van der Waals surface area contributed by atoms with Gasteiger partial charge in [0.05, 0.1) is 12.2 Å². The lowest BCUT2D eigenvalue weighted by molar-refractivity contribution is 0.614. The Kier molecular flexibility index (Phi) is 6.78. The summed E-state index contributed by atoms with van der Waals surface area (Å²) >= 11 is 0. The number of hydrogen-bond acceptors (Lipinski definition) is 2. The summed E-state index contributed by atoms with van der Waals surface area (Å²) in [4.78, 5) is 8.37. The summed E-state index contributed by atoms with van der Waals surface area (Å²) in [6, 6.07) is 5.09. The lowest BCUT2D eigenvalue weighted by Gasteiger charge is -2.08. The lowest BCUT2D eigenvalue weighted by atomic mass is 10.2. The minimum atomic E-state index is -0.296. The molecule has 0 atom stereocenters. The molecule has 0 bridgehead atoms. The summed E-state index contributed by atoms with van der Waals surface area (Å²) < 4.78 is 16.0. The first-order chi connectivity index (χ1) is 11.6. The van der Waals surface area contributed by atoms with E-state index in [4.69, 9.17) is 5.73 Å². The zero-order valence-electron chi connectivity index (χ0n) is 14.4. The van der Waals surface area contributed by atoms with Crippen molar-refractivity contribution in [2.45, 2.75) is 46.1 Å². The van der Waals surface area contributed by atoms with Gasteiger partial charge in [-0.15, -0.1) is 0 Å². The molecule has 1 aromatic carbocycles. The van der Waals surface area contributed by atoms with Gasteiger partial charge in [0, 0.05) is 18.9 Å². The Hall–Kier alpha value is -2.37. The number of hydrogen-bond donors (Lipinski definition) is 2. The van der Waals surface area contributed by atoms with Crippen LogP contribution in [0.15, 0.2) is 35.6 Å². The molecule has 0 saturated heterocycles. The van der Waals surface area contributed by atoms with Crippen LogP contribution in [-0.4, -0.2) is 22.1 Å². The molecule has 0 aliphatic heterocycles. The highest BCUT2D eigenvalue weighted by Crippen LogP contribution is 2.17. The van der Waals surface area contributed by atoms with Gasteiger partial charge in [-0.25, -0.2) is 14.4 Å². The zero-order chi connectivity index (χ0) is 17.4. The number of guanidine groups is 1. The van der Waals surface area contributed by atoms with E-state index in [1.54, 1.807) is 23.0 Å². The van der Waals surface area contributed by atoms with E-state index in [0.29, 0.717) is 18.2 Å². The molecule has 130 valence electrons. The van der Waals surface area contributed by atoms with E-state index in [2.05, 4.69) is 22.2 Å². The third-order valence-electron chi connectivity index (χ3n) is 3.87. The summed E-state index contributed by atoms with van der Waals surface area (Å²) in [6.07, 6.45) is 8.12. The minimum Gasteiger partial charge on any atom is -0.370 e. The maximum Gasteiger partial charge on any atom is 0.188 e. The number of nitrogens with zero attached hydrogens (tertiary/aromatic N) is 3. The Balaban J connectivity index is 1.90. The van der Waals surface area contributed by atoms with Gasteiger partial charge >= 0.3 is 0 Å². The molecular weight excluding hydrogens is 305 g/mol. The van der Waals surface area contributed by atoms with E-state index < -0.39 is 0 Å². The second kappa shape index (κ2) is 9.05. The molecule has 0 radical (unpaired) electrons. The molecule has 0 aliphatic rings. The molecule has 1 aromatic heterocycles. The number of nitrogens with one attached hydrogen (secondary N) is 1. The van der Waals surface area contributed by atoms with Gasteiger partial charge in [0.2, 0.25) is 0 Å². The Labute approximate surface area is 142 Å². The van der Waals surface area contributed by atoms with Crippen LogP contribution < -0.4 is 11.1 Å². The van der Waals surface area contributed by atoms with Crippen LogP contribution in [0.2, 0.25) is 0 Å². The second-order valence-corrected chi connectivity index (χ2v) is 5.82. The van der Waals surface area contributed by atoms with Crippen LogP contribution in [0.25, 0.3) is 5.69 Å². The van der Waals surface area contributed by atoms with Gasteiger partial charge < -0.3 is 15.6 Å². The van der Waals surface area contributed by atoms with Crippen LogP contribution in [0.5, 0.6) is 0 Å². The quantitative estimate of drug-likeness (QED) is 0.443. The van der Waals surface area contributed by atoms with E-state index in [1.807, 2.05) is 13.0 Å². The van der Waals surface area contributed by atoms with E-state index >= 15 is 0 Å². The summed E-state index contributed by atoms with van der Waals surface area (Å²) in [5, 5.41) is 3.09. The summed E-state index contributed by atoms with van der Waals surface area (Å²) in [5.41, 5.74) is 7.10. The summed E-state index contributed by atoms with van der Waals surface area (Å²) in [5.74, 6) is 0.854. The van der Waals surface area contributed by atoms with Gasteiger partial charge in [-0.05, 0) is 31.0 Å². The first-order valence-corrected chi connectivity index (χ1v) is 8.44. The number of halogens is 1. The van der Waals surface area contributed by atoms with Crippen molar-refractivity contribution >= 4 is 5.96 Å². The fourth-order valence-corrected chi connectivity index (χ4v) is 2.48. The molecule has 2 rings (SSSR count). The predicted molar refractivity (Wildman–Crippen MR) is 95.7 cm³/mol. The van der Waals surface area contributed by atoms with Crippen molar-refractivity contribution in [1.29, 1.82) is 0 Å². The monoisotopic (exact) mass is 331 g/mol. The first kappa shape index (κ1) is 18.0. The molecule has 0 aliphatic carbocycles. The lowest BCUT2D eigenvalue weighted by Crippen LogP contribution is -2.32. The van der Waals surface area contributed by atoms with Crippen molar-refractivity contribution in [2.24, 2.45) is 10.7 Å². The molecule has 24 heavy (non-hydrogen) atoms. The smallest absolute Gasteiger partial charge is 0.188 e. The maximum absolute atomic E-state index is 14.3. The molecule has 0 amide bonds. The van der Waals surface area contributed by atoms with E-state index in [0.717, 1.165) is 24.4 Å². The van der Waals surface area contributed by atoms with Crippen LogP contribution in [0.1, 0.15) is 44.0 Å². The molecule has 0 saturated carbocycles. The molecule has 0 fully saturated rings. The first-order valence-electron chi connectivity index (χ1n) is 8.44. The molecule has 2 aromatic rings. The number of aryl methyl sites for hydroxylation is 1. The standard InChI is InChI=1S/C18H26FN5/c1-3-4-5-6-9-22-18(20)23-13-15-7-8-17(16(19)12-15)24-11-10-21-14(24)2/h7-8,10-12H,3-6,9,13H2,1-2H3,(H3,20,22,23). The topological polar surface area (TPSA) is 68.2 Å². The van der Waals surface area contributed by atoms with E-state index in [-0.39, 0.29) is 5.82 Å². The summed E-state index contributed by atoms with van der Waals surface area (Å²) in [6.45, 7) is 5.20. The molecular formula is C18H26FN5. The number of imidazole rings is 1. The summed E-state index contributed by atoms with van der Waals surface area (Å²) in [7, 11) is 0. The van der Waals surface area contributed by atoms with Crippen LogP contribution in [-0.2, 0) is 6.54 Å². The Morgan fingerprint density at radius 2 is 2.17 bits per heavy atom. The second-order valence-electron chi connectivity index (χ2n) is 5.82. The zero-order valence-corrected chi connectivity index (χ0v) is 14.4. The van der Waals surface area contributed by atoms with Gasteiger partial charge in [-0.2, -0.15) is 0 Å². The van der Waals surface area contributed by atoms with Crippen LogP contribution >= 0.6 is 0 Å². The highest BCUT2D eigenvalue weighted by atomic mass is 19.1. The van der Waals surface area contributed by atoms with Crippen molar-refractivity contribution in [1.82, 2.24) is 14.9 Å². The molecule has 5 nitrogen and oxygen atoms in total. The maximum atomic E-state index is 14.3. The van der Waals surface area contributed by atoms with Gasteiger partial charge in [-0.1, -0.05) is 32.3 Å². The number of benzene rings is 1. The van der Waals surface area contributed by atoms with Gasteiger partial charge in [-0.3, -0.25) is 0 Å². The predicted octanol–water partition coefficient (Wildman–Crippen LogP) is 3.30. The number of nitrogens with two attached hydrogens (primary N) is 1. The Bertz CT molecular complexity index is 678. The normalized spacial score (nSPS) is 11.7. The van der Waals surface area contributed by atoms with E-state index in [9.17, 15) is 4.39 Å². The third-order valence-corrected chi connectivity index (χ3v) is 3.87. The third kappa shape index (κ3) is 5.08. The van der Waals surface area contributed by atoms with Crippen LogP contribution in [0.3, 0.4) is 0 Å². The fraction of sp³-hybridized carbons (Fsp3) is 0.444. The van der Waals surface area contributed by atoms with Crippen molar-refractivity contribution in [3.8, 4) is 5.69 Å². The average Bonchev–Trinajstić information content (AvgIpc) is 2.99. The number of aromatic nitrogens is 2. The Morgan fingerprint density at radius 1 is 1.33 bits per heavy atom. The van der Waals surface area contributed by atoms with Crippen LogP contribution in [0, 0.1) is 12.7 Å². The van der Waals surface area contributed by atoms with E-state index in [1.165, 1.54) is 25.3 Å². The molecule has 6 heteroatoms. The SMILES string of the molecule is CCCCCCNC(N)=NCc1ccc(-n2ccnc2C)c(F)c1. The van der Waals surface area contributed by atoms with Crippen molar-refractivity contribution in [2.75, 3.05) is 6.54 Å². The molecule has 1 heterocycles. The number of rotatable bonds is 8. The van der Waals surface area contributed by atoms with Crippen molar-refractivity contribution in [3.63, 3.8) is 0 Å². The molecule has 0 spiro atoms. The van der Waals surface area contributed by atoms with Gasteiger partial charge in [0.1, 0.15) is 11.6 Å². The molecule has 3 N–H and O–H groups in total. The van der Waals surface area contributed by atoms with Gasteiger partial charge in [0.15, 0.2) is 5.96 Å². The average molecular weight is 331 g/mol. The van der Waals surface area contributed by atoms with Crippen molar-refractivity contribution < 1.29 is 4.39 Å². The highest BCUT2D eigenvalue weighted by Gasteiger charge is 2.07. The minimum absolute atomic E-state index is 0.296. The largest absolute Gasteiger partial charge is 0.370 e. The molecule has 0 unspecified atom stereocenters. The number of unbranched alkanes of at least 4 members (excludes halogenated alkanes) is 3. The fourth-order valence-electron chi connectivity index (χ4n) is 2.48. The Morgan fingerprint density at radius 3 is 2.83 bits per heavy atom.